The molecule has 0 spiro atoms. The molecule has 0 bridgehead atoms. The predicted molar refractivity (Wildman–Crippen MR) is 51.6 cm³/mol. The lowest BCUT2D eigenvalue weighted by Crippen LogP contribution is -2.36. The summed E-state index contributed by atoms with van der Waals surface area (Å²) in [4.78, 5) is 15.1. The van der Waals surface area contributed by atoms with Crippen molar-refractivity contribution in [3.63, 3.8) is 0 Å². The third kappa shape index (κ3) is 3.78. The number of hydrogen-bond donors (Lipinski definition) is 3. The van der Waals surface area contributed by atoms with E-state index in [1.807, 2.05) is 6.92 Å². The summed E-state index contributed by atoms with van der Waals surface area (Å²) in [5.74, 6) is 0.887. The zero-order chi connectivity index (χ0) is 9.52. The largest absolute Gasteiger partial charge is 0.356 e. The van der Waals surface area contributed by atoms with Crippen molar-refractivity contribution < 1.29 is 4.79 Å². The summed E-state index contributed by atoms with van der Waals surface area (Å²) in [5.41, 5.74) is 0. The second-order valence-corrected chi connectivity index (χ2v) is 2.79. The first-order chi connectivity index (χ1) is 6.33. The van der Waals surface area contributed by atoms with Crippen molar-refractivity contribution >= 4 is 11.9 Å². The van der Waals surface area contributed by atoms with E-state index in [0.29, 0.717) is 19.5 Å². The van der Waals surface area contributed by atoms with Crippen LogP contribution >= 0.6 is 0 Å². The molecule has 1 aliphatic heterocycles. The van der Waals surface area contributed by atoms with E-state index in [4.69, 9.17) is 0 Å². The zero-order valence-electron chi connectivity index (χ0n) is 7.89. The molecule has 1 rings (SSSR count). The Morgan fingerprint density at radius 2 is 2.54 bits per heavy atom. The van der Waals surface area contributed by atoms with Crippen LogP contribution in [0.1, 0.15) is 13.3 Å². The normalized spacial score (nSPS) is 14.7. The number of hydrogen-bond acceptors (Lipinski definition) is 4. The summed E-state index contributed by atoms with van der Waals surface area (Å²) in [6.07, 6.45) is 0.495. The number of carbonyl (C=O) groups excluding carboxylic acids is 1. The molecule has 5 heteroatoms. The Kier molecular flexibility index (Phi) is 4.08. The number of guanidine groups is 1. The van der Waals surface area contributed by atoms with Gasteiger partial charge in [0, 0.05) is 26.1 Å². The van der Waals surface area contributed by atoms with E-state index in [9.17, 15) is 4.79 Å². The van der Waals surface area contributed by atoms with E-state index in [0.717, 1.165) is 19.0 Å². The van der Waals surface area contributed by atoms with Crippen LogP contribution in [0, 0.1) is 0 Å². The Bertz CT molecular complexity index is 202. The van der Waals surface area contributed by atoms with Crippen LogP contribution in [0.5, 0.6) is 0 Å². The molecule has 1 heterocycles. The van der Waals surface area contributed by atoms with Crippen LogP contribution < -0.4 is 16.0 Å². The Balaban J connectivity index is 2.03. The maximum atomic E-state index is 11.0. The summed E-state index contributed by atoms with van der Waals surface area (Å²) in [7, 11) is 0. The molecule has 0 aromatic rings. The molecule has 0 aliphatic carbocycles. The lowest BCUT2D eigenvalue weighted by Gasteiger charge is -2.05. The molecule has 74 valence electrons. The fourth-order valence-electron chi connectivity index (χ4n) is 1.10. The summed E-state index contributed by atoms with van der Waals surface area (Å²) in [6.45, 7) is 4.95. The van der Waals surface area contributed by atoms with E-state index in [-0.39, 0.29) is 5.91 Å². The predicted octanol–water partition coefficient (Wildman–Crippen LogP) is -0.939. The summed E-state index contributed by atoms with van der Waals surface area (Å²) in [6, 6.07) is 0. The highest BCUT2D eigenvalue weighted by molar-refractivity contribution is 5.82. The third-order valence-corrected chi connectivity index (χ3v) is 1.69. The number of aliphatic imine (C=N–C) groups is 1. The van der Waals surface area contributed by atoms with Gasteiger partial charge in [0.1, 0.15) is 0 Å². The van der Waals surface area contributed by atoms with E-state index in [2.05, 4.69) is 20.9 Å². The van der Waals surface area contributed by atoms with Gasteiger partial charge in [-0.3, -0.25) is 9.79 Å². The minimum atomic E-state index is 0.0774. The van der Waals surface area contributed by atoms with Gasteiger partial charge in [0.25, 0.3) is 0 Å². The van der Waals surface area contributed by atoms with E-state index < -0.39 is 0 Å². The van der Waals surface area contributed by atoms with Gasteiger partial charge in [-0.05, 0) is 6.92 Å². The monoisotopic (exact) mass is 184 g/mol. The van der Waals surface area contributed by atoms with Crippen molar-refractivity contribution in [1.82, 2.24) is 16.0 Å². The highest BCUT2D eigenvalue weighted by Crippen LogP contribution is 1.82. The van der Waals surface area contributed by atoms with Crippen LogP contribution in [0.15, 0.2) is 4.99 Å². The molecule has 0 fully saturated rings. The number of nitrogens with zero attached hydrogens (tertiary/aromatic N) is 1. The number of carbonyl (C=O) groups is 1. The quantitative estimate of drug-likeness (QED) is 0.528. The van der Waals surface area contributed by atoms with E-state index in [1.165, 1.54) is 0 Å². The fourth-order valence-corrected chi connectivity index (χ4v) is 1.10. The Morgan fingerprint density at radius 3 is 3.15 bits per heavy atom. The minimum Gasteiger partial charge on any atom is -0.356 e. The summed E-state index contributed by atoms with van der Waals surface area (Å²) >= 11 is 0. The molecule has 0 saturated carbocycles. The summed E-state index contributed by atoms with van der Waals surface area (Å²) < 4.78 is 0. The third-order valence-electron chi connectivity index (χ3n) is 1.69. The number of rotatable bonds is 4. The molecule has 0 aromatic heterocycles. The lowest BCUT2D eigenvalue weighted by atomic mass is 10.4. The molecule has 0 aromatic carbocycles. The maximum absolute atomic E-state index is 11.0. The SMILES string of the molecule is CCNC(=O)CCNC1=NCCN1. The zero-order valence-corrected chi connectivity index (χ0v) is 7.89. The lowest BCUT2D eigenvalue weighted by molar-refractivity contribution is -0.120. The van der Waals surface area contributed by atoms with Gasteiger partial charge in [0.2, 0.25) is 5.91 Å². The molecule has 13 heavy (non-hydrogen) atoms. The first kappa shape index (κ1) is 9.83. The second kappa shape index (κ2) is 5.40. The molecule has 1 amide bonds. The van der Waals surface area contributed by atoms with Crippen molar-refractivity contribution in [2.24, 2.45) is 4.99 Å². The Morgan fingerprint density at radius 1 is 1.69 bits per heavy atom. The standard InChI is InChI=1S/C8H16N4O/c1-2-9-7(13)3-4-10-8-11-5-6-12-8/h2-6H2,1H3,(H,9,13)(H2,10,11,12). The Labute approximate surface area is 78.0 Å². The number of nitrogens with one attached hydrogen (secondary N) is 3. The van der Waals surface area contributed by atoms with Crippen molar-refractivity contribution in [2.75, 3.05) is 26.2 Å². The van der Waals surface area contributed by atoms with Crippen LogP contribution in [-0.4, -0.2) is 38.0 Å². The smallest absolute Gasteiger partial charge is 0.221 e. The van der Waals surface area contributed by atoms with Gasteiger partial charge in [-0.25, -0.2) is 0 Å². The molecule has 0 saturated heterocycles. The van der Waals surface area contributed by atoms with Crippen molar-refractivity contribution in [3.8, 4) is 0 Å². The summed E-state index contributed by atoms with van der Waals surface area (Å²) in [5, 5.41) is 8.85. The first-order valence-corrected chi connectivity index (χ1v) is 4.62. The molecule has 5 nitrogen and oxygen atoms in total. The van der Waals surface area contributed by atoms with Crippen LogP contribution in [-0.2, 0) is 4.79 Å². The highest BCUT2D eigenvalue weighted by atomic mass is 16.1. The molecular weight excluding hydrogens is 168 g/mol. The number of amides is 1. The molecular formula is C8H16N4O. The fraction of sp³-hybridized carbons (Fsp3) is 0.750. The van der Waals surface area contributed by atoms with E-state index >= 15 is 0 Å². The van der Waals surface area contributed by atoms with Gasteiger partial charge < -0.3 is 16.0 Å². The molecule has 0 radical (unpaired) electrons. The van der Waals surface area contributed by atoms with Crippen LogP contribution in [0.4, 0.5) is 0 Å². The van der Waals surface area contributed by atoms with Crippen LogP contribution in [0.3, 0.4) is 0 Å². The Hall–Kier alpha value is -1.26. The molecule has 3 N–H and O–H groups in total. The van der Waals surface area contributed by atoms with Crippen molar-refractivity contribution in [2.45, 2.75) is 13.3 Å². The van der Waals surface area contributed by atoms with Gasteiger partial charge in [-0.15, -0.1) is 0 Å². The van der Waals surface area contributed by atoms with Crippen LogP contribution in [0.2, 0.25) is 0 Å². The van der Waals surface area contributed by atoms with Gasteiger partial charge in [-0.2, -0.15) is 0 Å². The minimum absolute atomic E-state index is 0.0774. The second-order valence-electron chi connectivity index (χ2n) is 2.79. The van der Waals surface area contributed by atoms with Gasteiger partial charge in [0.05, 0.1) is 6.54 Å². The average Bonchev–Trinajstić information content (AvgIpc) is 2.57. The topological polar surface area (TPSA) is 65.5 Å². The van der Waals surface area contributed by atoms with Gasteiger partial charge >= 0.3 is 0 Å². The first-order valence-electron chi connectivity index (χ1n) is 4.62. The molecule has 1 aliphatic rings. The molecule has 0 atom stereocenters. The van der Waals surface area contributed by atoms with E-state index in [1.54, 1.807) is 0 Å². The maximum Gasteiger partial charge on any atom is 0.221 e. The van der Waals surface area contributed by atoms with Gasteiger partial charge in [0.15, 0.2) is 5.96 Å². The molecule has 0 unspecified atom stereocenters. The van der Waals surface area contributed by atoms with Crippen LogP contribution in [0.25, 0.3) is 0 Å². The van der Waals surface area contributed by atoms with Crippen molar-refractivity contribution in [3.05, 3.63) is 0 Å². The van der Waals surface area contributed by atoms with Crippen molar-refractivity contribution in [1.29, 1.82) is 0 Å². The highest BCUT2D eigenvalue weighted by Gasteiger charge is 2.04. The van der Waals surface area contributed by atoms with Gasteiger partial charge in [-0.1, -0.05) is 0 Å². The average molecular weight is 184 g/mol.